The average Bonchev–Trinajstić information content (AvgIpc) is 3.46. The monoisotopic (exact) mass is 338 g/mol. The maximum absolute atomic E-state index is 12.2. The number of amides is 2. The number of benzene rings is 2. The van der Waals surface area contributed by atoms with Crippen molar-refractivity contribution in [3.63, 3.8) is 0 Å². The lowest BCUT2D eigenvalue weighted by molar-refractivity contribution is -0.126. The quantitative estimate of drug-likeness (QED) is 0.813. The third-order valence-corrected chi connectivity index (χ3v) is 4.43. The molecule has 0 aliphatic heterocycles. The molecule has 2 atom stereocenters. The van der Waals surface area contributed by atoms with E-state index in [2.05, 4.69) is 10.6 Å². The van der Waals surface area contributed by atoms with Crippen molar-refractivity contribution in [1.29, 1.82) is 0 Å². The molecule has 1 aliphatic carbocycles. The summed E-state index contributed by atoms with van der Waals surface area (Å²) in [6.07, 6.45) is 0.823. The molecule has 2 N–H and O–H groups in total. The molecule has 0 spiro atoms. The van der Waals surface area contributed by atoms with Gasteiger partial charge in [-0.25, -0.2) is 0 Å². The smallest absolute Gasteiger partial charge is 0.239 e. The van der Waals surface area contributed by atoms with E-state index < -0.39 is 0 Å². The van der Waals surface area contributed by atoms with Gasteiger partial charge < -0.3 is 15.4 Å². The SMILES string of the molecule is COc1ccc([C@H]2C[C@@H]2C(=O)NCC(=O)NCc2ccccc2)cc1. The second-order valence-corrected chi connectivity index (χ2v) is 6.20. The number of hydrogen-bond donors (Lipinski definition) is 2. The van der Waals surface area contributed by atoms with E-state index in [1.54, 1.807) is 7.11 Å². The fraction of sp³-hybridized carbons (Fsp3) is 0.300. The van der Waals surface area contributed by atoms with Crippen LogP contribution < -0.4 is 15.4 Å². The van der Waals surface area contributed by atoms with Crippen molar-refractivity contribution in [2.75, 3.05) is 13.7 Å². The Balaban J connectivity index is 1.40. The second kappa shape index (κ2) is 7.83. The Morgan fingerprint density at radius 2 is 1.76 bits per heavy atom. The summed E-state index contributed by atoms with van der Waals surface area (Å²) in [5, 5.41) is 5.53. The highest BCUT2D eigenvalue weighted by molar-refractivity contribution is 5.87. The van der Waals surface area contributed by atoms with Crippen molar-refractivity contribution < 1.29 is 14.3 Å². The fourth-order valence-corrected chi connectivity index (χ4v) is 2.86. The number of carbonyl (C=O) groups excluding carboxylic acids is 2. The average molecular weight is 338 g/mol. The number of methoxy groups -OCH3 is 1. The van der Waals surface area contributed by atoms with E-state index in [1.165, 1.54) is 0 Å². The van der Waals surface area contributed by atoms with Crippen LogP contribution in [0.4, 0.5) is 0 Å². The van der Waals surface area contributed by atoms with Crippen LogP contribution in [-0.4, -0.2) is 25.5 Å². The molecule has 2 amide bonds. The van der Waals surface area contributed by atoms with Gasteiger partial charge in [-0.05, 0) is 35.6 Å². The van der Waals surface area contributed by atoms with Gasteiger partial charge in [0.25, 0.3) is 0 Å². The molecule has 5 nitrogen and oxygen atoms in total. The predicted octanol–water partition coefficient (Wildman–Crippen LogP) is 2.23. The largest absolute Gasteiger partial charge is 0.497 e. The standard InChI is InChI=1S/C20H22N2O3/c1-25-16-9-7-15(8-10-16)17-11-18(17)20(24)22-13-19(23)21-12-14-5-3-2-4-6-14/h2-10,17-18H,11-13H2,1H3,(H,21,23)(H,22,24)/t17-,18+/m1/s1. The first-order valence-electron chi connectivity index (χ1n) is 8.39. The minimum absolute atomic E-state index is 0.0114. The van der Waals surface area contributed by atoms with Gasteiger partial charge in [0.15, 0.2) is 0 Å². The topological polar surface area (TPSA) is 67.4 Å². The summed E-state index contributed by atoms with van der Waals surface area (Å²) < 4.78 is 5.14. The third kappa shape index (κ3) is 4.59. The number of carbonyl (C=O) groups is 2. The molecule has 0 heterocycles. The van der Waals surface area contributed by atoms with E-state index in [0.29, 0.717) is 6.54 Å². The molecule has 0 unspecified atom stereocenters. The Morgan fingerprint density at radius 3 is 2.44 bits per heavy atom. The Morgan fingerprint density at radius 1 is 1.04 bits per heavy atom. The normalized spacial score (nSPS) is 18.3. The maximum atomic E-state index is 12.2. The van der Waals surface area contributed by atoms with Gasteiger partial charge in [-0.3, -0.25) is 9.59 Å². The van der Waals surface area contributed by atoms with Crippen molar-refractivity contribution in [1.82, 2.24) is 10.6 Å². The molecule has 1 aliphatic rings. The zero-order valence-corrected chi connectivity index (χ0v) is 14.2. The van der Waals surface area contributed by atoms with Gasteiger partial charge in [-0.1, -0.05) is 42.5 Å². The molecule has 0 radical (unpaired) electrons. The lowest BCUT2D eigenvalue weighted by Crippen LogP contribution is -2.37. The molecule has 1 saturated carbocycles. The van der Waals surface area contributed by atoms with Gasteiger partial charge in [0.2, 0.25) is 11.8 Å². The van der Waals surface area contributed by atoms with Gasteiger partial charge in [0, 0.05) is 12.5 Å². The van der Waals surface area contributed by atoms with Gasteiger partial charge in [0.1, 0.15) is 5.75 Å². The number of ether oxygens (including phenoxy) is 1. The van der Waals surface area contributed by atoms with Gasteiger partial charge >= 0.3 is 0 Å². The van der Waals surface area contributed by atoms with Crippen molar-refractivity contribution >= 4 is 11.8 Å². The van der Waals surface area contributed by atoms with Crippen LogP contribution in [0.25, 0.3) is 0 Å². The van der Waals surface area contributed by atoms with Crippen LogP contribution in [0.1, 0.15) is 23.5 Å². The van der Waals surface area contributed by atoms with Gasteiger partial charge in [0.05, 0.1) is 13.7 Å². The van der Waals surface area contributed by atoms with Crippen LogP contribution in [0.5, 0.6) is 5.75 Å². The van der Waals surface area contributed by atoms with Crippen LogP contribution in [0.3, 0.4) is 0 Å². The van der Waals surface area contributed by atoms with Crippen LogP contribution in [0.2, 0.25) is 0 Å². The Bertz CT molecular complexity index is 728. The second-order valence-electron chi connectivity index (χ2n) is 6.20. The van der Waals surface area contributed by atoms with Crippen LogP contribution in [0.15, 0.2) is 54.6 Å². The minimum atomic E-state index is -0.182. The van der Waals surface area contributed by atoms with Crippen LogP contribution in [0, 0.1) is 5.92 Å². The summed E-state index contributed by atoms with van der Waals surface area (Å²) >= 11 is 0. The zero-order valence-electron chi connectivity index (χ0n) is 14.2. The summed E-state index contributed by atoms with van der Waals surface area (Å²) in [7, 11) is 1.63. The summed E-state index contributed by atoms with van der Waals surface area (Å²) in [5.41, 5.74) is 2.17. The third-order valence-electron chi connectivity index (χ3n) is 4.43. The van der Waals surface area contributed by atoms with E-state index in [4.69, 9.17) is 4.74 Å². The van der Waals surface area contributed by atoms with Crippen molar-refractivity contribution in [3.8, 4) is 5.75 Å². The van der Waals surface area contributed by atoms with Crippen molar-refractivity contribution in [3.05, 3.63) is 65.7 Å². The molecule has 2 aromatic rings. The summed E-state index contributed by atoms with van der Waals surface area (Å²) in [6, 6.07) is 17.5. The number of nitrogens with one attached hydrogen (secondary N) is 2. The van der Waals surface area contributed by atoms with E-state index in [1.807, 2.05) is 54.6 Å². The molecule has 3 rings (SSSR count). The highest BCUT2D eigenvalue weighted by atomic mass is 16.5. The molecule has 1 fully saturated rings. The number of hydrogen-bond acceptors (Lipinski definition) is 3. The van der Waals surface area contributed by atoms with Crippen molar-refractivity contribution in [2.24, 2.45) is 5.92 Å². The molecule has 2 aromatic carbocycles. The fourth-order valence-electron chi connectivity index (χ4n) is 2.86. The van der Waals surface area contributed by atoms with E-state index in [0.717, 1.165) is 23.3 Å². The maximum Gasteiger partial charge on any atom is 0.239 e. The number of rotatable bonds is 7. The molecule has 130 valence electrons. The van der Waals surface area contributed by atoms with Crippen LogP contribution in [-0.2, 0) is 16.1 Å². The lowest BCUT2D eigenvalue weighted by atomic mass is 10.1. The van der Waals surface area contributed by atoms with Gasteiger partial charge in [-0.15, -0.1) is 0 Å². The molecule has 5 heteroatoms. The molecule has 0 bridgehead atoms. The molecular weight excluding hydrogens is 316 g/mol. The molecule has 0 saturated heterocycles. The summed E-state index contributed by atoms with van der Waals surface area (Å²) in [4.78, 5) is 24.0. The van der Waals surface area contributed by atoms with E-state index >= 15 is 0 Å². The van der Waals surface area contributed by atoms with E-state index in [9.17, 15) is 9.59 Å². The first-order valence-corrected chi connectivity index (χ1v) is 8.39. The van der Waals surface area contributed by atoms with Crippen molar-refractivity contribution in [2.45, 2.75) is 18.9 Å². The Labute approximate surface area is 147 Å². The van der Waals surface area contributed by atoms with Crippen LogP contribution >= 0.6 is 0 Å². The Hall–Kier alpha value is -2.82. The minimum Gasteiger partial charge on any atom is -0.497 e. The lowest BCUT2D eigenvalue weighted by Gasteiger charge is -2.07. The highest BCUT2D eigenvalue weighted by Crippen LogP contribution is 2.47. The highest BCUT2D eigenvalue weighted by Gasteiger charge is 2.43. The first-order chi connectivity index (χ1) is 12.2. The predicted molar refractivity (Wildman–Crippen MR) is 95.1 cm³/mol. The zero-order chi connectivity index (χ0) is 17.6. The molecule has 0 aromatic heterocycles. The van der Waals surface area contributed by atoms with Gasteiger partial charge in [-0.2, -0.15) is 0 Å². The Kier molecular flexibility index (Phi) is 5.33. The molecular formula is C20H22N2O3. The summed E-state index contributed by atoms with van der Waals surface area (Å²) in [6.45, 7) is 0.477. The summed E-state index contributed by atoms with van der Waals surface area (Å²) in [5.74, 6) is 0.753. The first kappa shape index (κ1) is 17.0. The molecule has 25 heavy (non-hydrogen) atoms. The van der Waals surface area contributed by atoms with E-state index in [-0.39, 0.29) is 30.2 Å².